The van der Waals surface area contributed by atoms with Crippen LogP contribution in [0.25, 0.3) is 0 Å². The molecular formula is C12H20N2O4. The van der Waals surface area contributed by atoms with E-state index in [9.17, 15) is 14.4 Å². The summed E-state index contributed by atoms with van der Waals surface area (Å²) in [5.41, 5.74) is 0. The summed E-state index contributed by atoms with van der Waals surface area (Å²) < 4.78 is 0. The summed E-state index contributed by atoms with van der Waals surface area (Å²) in [4.78, 5) is 33.4. The number of carbonyl (C=O) groups excluding carboxylic acids is 2. The molecule has 18 heavy (non-hydrogen) atoms. The predicted molar refractivity (Wildman–Crippen MR) is 64.8 cm³/mol. The van der Waals surface area contributed by atoms with Gasteiger partial charge in [-0.15, -0.1) is 0 Å². The van der Waals surface area contributed by atoms with Gasteiger partial charge in [0, 0.05) is 19.0 Å². The molecule has 0 spiro atoms. The SMILES string of the molecule is CCC(C)NC(=O)CCNC(=O)[C@@H]1C[C@@H]1C(=O)O. The fourth-order valence-electron chi connectivity index (χ4n) is 1.64. The van der Waals surface area contributed by atoms with Crippen LogP contribution in [-0.2, 0) is 14.4 Å². The van der Waals surface area contributed by atoms with Gasteiger partial charge in [-0.1, -0.05) is 6.92 Å². The smallest absolute Gasteiger partial charge is 0.307 e. The summed E-state index contributed by atoms with van der Waals surface area (Å²) in [6.07, 6.45) is 1.49. The first-order valence-electron chi connectivity index (χ1n) is 6.25. The van der Waals surface area contributed by atoms with E-state index in [2.05, 4.69) is 10.6 Å². The van der Waals surface area contributed by atoms with Crippen LogP contribution in [0.2, 0.25) is 0 Å². The van der Waals surface area contributed by atoms with Crippen LogP contribution < -0.4 is 10.6 Å². The van der Waals surface area contributed by atoms with Gasteiger partial charge in [0.1, 0.15) is 0 Å². The van der Waals surface area contributed by atoms with Gasteiger partial charge in [0.2, 0.25) is 11.8 Å². The van der Waals surface area contributed by atoms with Crippen LogP contribution >= 0.6 is 0 Å². The van der Waals surface area contributed by atoms with E-state index in [1.54, 1.807) is 0 Å². The Balaban J connectivity index is 2.13. The molecule has 2 amide bonds. The number of amides is 2. The predicted octanol–water partition coefficient (Wildman–Crippen LogP) is 0.128. The molecule has 0 aliphatic heterocycles. The molecule has 1 aliphatic rings. The van der Waals surface area contributed by atoms with E-state index in [-0.39, 0.29) is 30.8 Å². The average Bonchev–Trinajstić information content (AvgIpc) is 3.08. The Morgan fingerprint density at radius 3 is 2.50 bits per heavy atom. The first-order valence-corrected chi connectivity index (χ1v) is 6.25. The Morgan fingerprint density at radius 1 is 1.33 bits per heavy atom. The summed E-state index contributed by atoms with van der Waals surface area (Å²) in [6, 6.07) is 0.132. The van der Waals surface area contributed by atoms with E-state index in [4.69, 9.17) is 5.11 Å². The lowest BCUT2D eigenvalue weighted by molar-refractivity contribution is -0.140. The zero-order valence-electron chi connectivity index (χ0n) is 10.7. The normalized spacial score (nSPS) is 23.0. The third kappa shape index (κ3) is 4.35. The van der Waals surface area contributed by atoms with Crippen molar-refractivity contribution in [2.24, 2.45) is 11.8 Å². The van der Waals surface area contributed by atoms with Crippen molar-refractivity contribution in [1.82, 2.24) is 10.6 Å². The largest absolute Gasteiger partial charge is 0.481 e. The highest BCUT2D eigenvalue weighted by molar-refractivity contribution is 5.89. The minimum atomic E-state index is -0.926. The van der Waals surface area contributed by atoms with Gasteiger partial charge in [-0.25, -0.2) is 0 Å². The van der Waals surface area contributed by atoms with Gasteiger partial charge in [0.15, 0.2) is 0 Å². The number of carboxylic acid groups (broad SMARTS) is 1. The molecule has 1 saturated carbocycles. The standard InChI is InChI=1S/C12H20N2O4/c1-3-7(2)14-10(15)4-5-13-11(16)8-6-9(8)12(17)18/h7-9H,3-6H2,1-2H3,(H,13,16)(H,14,15)(H,17,18)/t7?,8-,9+/m1/s1. The minimum Gasteiger partial charge on any atom is -0.481 e. The molecule has 3 N–H and O–H groups in total. The molecule has 6 nitrogen and oxygen atoms in total. The van der Waals surface area contributed by atoms with Gasteiger partial charge in [0.25, 0.3) is 0 Å². The Morgan fingerprint density at radius 2 is 2.00 bits per heavy atom. The number of aliphatic carboxylic acids is 1. The van der Waals surface area contributed by atoms with Crippen LogP contribution in [0.3, 0.4) is 0 Å². The fourth-order valence-corrected chi connectivity index (χ4v) is 1.64. The van der Waals surface area contributed by atoms with Gasteiger partial charge in [-0.3, -0.25) is 14.4 Å². The van der Waals surface area contributed by atoms with Gasteiger partial charge < -0.3 is 15.7 Å². The number of nitrogens with one attached hydrogen (secondary N) is 2. The highest BCUT2D eigenvalue weighted by atomic mass is 16.4. The van der Waals surface area contributed by atoms with Crippen LogP contribution in [0.4, 0.5) is 0 Å². The maximum atomic E-state index is 11.5. The molecule has 0 heterocycles. The molecule has 0 saturated heterocycles. The molecule has 1 fully saturated rings. The van der Waals surface area contributed by atoms with Crippen LogP contribution in [0.15, 0.2) is 0 Å². The molecule has 1 aliphatic carbocycles. The van der Waals surface area contributed by atoms with Crippen molar-refractivity contribution in [3.05, 3.63) is 0 Å². The van der Waals surface area contributed by atoms with Crippen molar-refractivity contribution >= 4 is 17.8 Å². The van der Waals surface area contributed by atoms with E-state index < -0.39 is 17.8 Å². The lowest BCUT2D eigenvalue weighted by Crippen LogP contribution is -2.35. The van der Waals surface area contributed by atoms with Gasteiger partial charge in [-0.05, 0) is 19.8 Å². The zero-order chi connectivity index (χ0) is 13.7. The lowest BCUT2D eigenvalue weighted by Gasteiger charge is -2.11. The Kier molecular flexibility index (Phi) is 5.12. The Bertz CT molecular complexity index is 343. The van der Waals surface area contributed by atoms with E-state index in [0.717, 1.165) is 6.42 Å². The number of carboxylic acids is 1. The quantitative estimate of drug-likeness (QED) is 0.603. The fraction of sp³-hybridized carbons (Fsp3) is 0.750. The molecule has 0 radical (unpaired) electrons. The molecule has 0 aromatic rings. The number of hydrogen-bond donors (Lipinski definition) is 3. The van der Waals surface area contributed by atoms with Gasteiger partial charge >= 0.3 is 5.97 Å². The average molecular weight is 256 g/mol. The Labute approximate surface area is 106 Å². The molecule has 0 bridgehead atoms. The van der Waals surface area contributed by atoms with Crippen molar-refractivity contribution in [2.75, 3.05) is 6.54 Å². The second-order valence-electron chi connectivity index (χ2n) is 4.70. The molecule has 1 rings (SSSR count). The second kappa shape index (κ2) is 6.37. The lowest BCUT2D eigenvalue weighted by atomic mass is 10.2. The zero-order valence-corrected chi connectivity index (χ0v) is 10.7. The number of carbonyl (C=O) groups is 3. The maximum absolute atomic E-state index is 11.5. The second-order valence-corrected chi connectivity index (χ2v) is 4.70. The minimum absolute atomic E-state index is 0.102. The van der Waals surface area contributed by atoms with Crippen LogP contribution in [0.1, 0.15) is 33.1 Å². The van der Waals surface area contributed by atoms with E-state index >= 15 is 0 Å². The van der Waals surface area contributed by atoms with Crippen LogP contribution in [0, 0.1) is 11.8 Å². The summed E-state index contributed by atoms with van der Waals surface area (Å²) in [6.45, 7) is 4.15. The van der Waals surface area contributed by atoms with Crippen molar-refractivity contribution in [2.45, 2.75) is 39.2 Å². The number of rotatable bonds is 7. The third-order valence-electron chi connectivity index (χ3n) is 3.12. The molecule has 102 valence electrons. The maximum Gasteiger partial charge on any atom is 0.307 e. The summed E-state index contributed by atoms with van der Waals surface area (Å²) in [5, 5.41) is 14.0. The number of hydrogen-bond acceptors (Lipinski definition) is 3. The van der Waals surface area contributed by atoms with Gasteiger partial charge in [-0.2, -0.15) is 0 Å². The molecule has 1 unspecified atom stereocenters. The van der Waals surface area contributed by atoms with Crippen LogP contribution in [0.5, 0.6) is 0 Å². The molecule has 0 aromatic heterocycles. The van der Waals surface area contributed by atoms with E-state index in [1.165, 1.54) is 0 Å². The van der Waals surface area contributed by atoms with Crippen molar-refractivity contribution < 1.29 is 19.5 Å². The summed E-state index contributed by atoms with van der Waals surface area (Å²) in [7, 11) is 0. The third-order valence-corrected chi connectivity index (χ3v) is 3.12. The summed E-state index contributed by atoms with van der Waals surface area (Å²) >= 11 is 0. The van der Waals surface area contributed by atoms with Gasteiger partial charge in [0.05, 0.1) is 11.8 Å². The Hall–Kier alpha value is -1.59. The van der Waals surface area contributed by atoms with Crippen molar-refractivity contribution in [3.63, 3.8) is 0 Å². The van der Waals surface area contributed by atoms with Crippen molar-refractivity contribution in [1.29, 1.82) is 0 Å². The summed E-state index contributed by atoms with van der Waals surface area (Å²) in [5.74, 6) is -2.25. The highest BCUT2D eigenvalue weighted by Crippen LogP contribution is 2.38. The topological polar surface area (TPSA) is 95.5 Å². The molecule has 6 heteroatoms. The van der Waals surface area contributed by atoms with Crippen LogP contribution in [-0.4, -0.2) is 35.5 Å². The van der Waals surface area contributed by atoms with E-state index in [0.29, 0.717) is 6.42 Å². The first kappa shape index (κ1) is 14.5. The highest BCUT2D eigenvalue weighted by Gasteiger charge is 2.48. The van der Waals surface area contributed by atoms with E-state index in [1.807, 2.05) is 13.8 Å². The van der Waals surface area contributed by atoms with Crippen molar-refractivity contribution in [3.8, 4) is 0 Å². The molecular weight excluding hydrogens is 236 g/mol. The monoisotopic (exact) mass is 256 g/mol. The first-order chi connectivity index (χ1) is 8.45. The molecule has 0 aromatic carbocycles. The molecule has 3 atom stereocenters.